The molecule has 0 aromatic carbocycles. The van der Waals surface area contributed by atoms with E-state index in [1.807, 2.05) is 0 Å². The van der Waals surface area contributed by atoms with Crippen molar-refractivity contribution in [3.05, 3.63) is 28.5 Å². The number of carboxylic acids is 1. The number of nitrogens with two attached hydrogens (primary N) is 1. The molecule has 0 amide bonds. The van der Waals surface area contributed by atoms with Crippen LogP contribution >= 0.6 is 11.6 Å². The van der Waals surface area contributed by atoms with Crippen molar-refractivity contribution >= 4 is 17.6 Å². The second-order valence-corrected chi connectivity index (χ2v) is 2.57. The Morgan fingerprint density at radius 3 is 2.83 bits per heavy atom. The van der Waals surface area contributed by atoms with E-state index in [0.29, 0.717) is 5.69 Å². The highest BCUT2D eigenvalue weighted by molar-refractivity contribution is 6.33. The molecule has 0 unspecified atom stereocenters. The Morgan fingerprint density at radius 2 is 2.42 bits per heavy atom. The molecule has 0 bridgehead atoms. The number of pyridine rings is 1. The third-order valence-electron chi connectivity index (χ3n) is 1.35. The summed E-state index contributed by atoms with van der Waals surface area (Å²) in [7, 11) is 0. The highest BCUT2D eigenvalue weighted by Crippen LogP contribution is 2.15. The number of hydrogen-bond acceptors (Lipinski definition) is 3. The summed E-state index contributed by atoms with van der Waals surface area (Å²) < 4.78 is 0. The maximum absolute atomic E-state index is 10.5. The van der Waals surface area contributed by atoms with Crippen LogP contribution in [0.1, 0.15) is 16.1 Å². The van der Waals surface area contributed by atoms with Gasteiger partial charge in [-0.25, -0.2) is 4.79 Å². The Kier molecular flexibility index (Phi) is 2.62. The van der Waals surface area contributed by atoms with Crippen molar-refractivity contribution in [1.82, 2.24) is 4.98 Å². The maximum Gasteiger partial charge on any atom is 0.338 e. The van der Waals surface area contributed by atoms with Gasteiger partial charge in [0, 0.05) is 12.7 Å². The van der Waals surface area contributed by atoms with Gasteiger partial charge in [0.05, 0.1) is 16.3 Å². The van der Waals surface area contributed by atoms with E-state index in [1.54, 1.807) is 0 Å². The summed E-state index contributed by atoms with van der Waals surface area (Å²) in [4.78, 5) is 14.3. The zero-order valence-corrected chi connectivity index (χ0v) is 6.88. The van der Waals surface area contributed by atoms with Gasteiger partial charge >= 0.3 is 5.97 Å². The monoisotopic (exact) mass is 186 g/mol. The second kappa shape index (κ2) is 3.51. The van der Waals surface area contributed by atoms with Gasteiger partial charge in [-0.3, -0.25) is 4.98 Å². The SMILES string of the molecule is NCc1cc(Cl)c(C(=O)O)cn1. The van der Waals surface area contributed by atoms with Gasteiger partial charge in [-0.1, -0.05) is 11.6 Å². The number of nitrogens with zero attached hydrogens (tertiary/aromatic N) is 1. The standard InChI is InChI=1S/C7H7ClN2O2/c8-6-1-4(2-9)10-3-5(6)7(11)12/h1,3H,2,9H2,(H,11,12). The quantitative estimate of drug-likeness (QED) is 0.719. The lowest BCUT2D eigenvalue weighted by molar-refractivity contribution is 0.0696. The van der Waals surface area contributed by atoms with Crippen molar-refractivity contribution in [2.24, 2.45) is 5.73 Å². The summed E-state index contributed by atoms with van der Waals surface area (Å²) >= 11 is 5.63. The van der Waals surface area contributed by atoms with Crippen molar-refractivity contribution in [3.63, 3.8) is 0 Å². The van der Waals surface area contributed by atoms with E-state index in [-0.39, 0.29) is 17.1 Å². The minimum absolute atomic E-state index is 0.00568. The number of hydrogen-bond donors (Lipinski definition) is 2. The Labute approximate surface area is 74.0 Å². The van der Waals surface area contributed by atoms with Crippen molar-refractivity contribution in [3.8, 4) is 0 Å². The summed E-state index contributed by atoms with van der Waals surface area (Å²) in [5.41, 5.74) is 5.84. The fourth-order valence-corrected chi connectivity index (χ4v) is 0.995. The first-order chi connectivity index (χ1) is 5.65. The smallest absolute Gasteiger partial charge is 0.338 e. The van der Waals surface area contributed by atoms with Crippen LogP contribution in [-0.2, 0) is 6.54 Å². The molecule has 0 saturated heterocycles. The van der Waals surface area contributed by atoms with E-state index in [0.717, 1.165) is 0 Å². The minimum atomic E-state index is -1.09. The average Bonchev–Trinajstić information content (AvgIpc) is 2.03. The van der Waals surface area contributed by atoms with E-state index in [9.17, 15) is 4.79 Å². The maximum atomic E-state index is 10.5. The lowest BCUT2D eigenvalue weighted by atomic mass is 10.2. The first-order valence-corrected chi connectivity index (χ1v) is 3.60. The van der Waals surface area contributed by atoms with Gasteiger partial charge in [0.25, 0.3) is 0 Å². The van der Waals surface area contributed by atoms with Crippen LogP contribution in [0.4, 0.5) is 0 Å². The number of aromatic nitrogens is 1. The van der Waals surface area contributed by atoms with Gasteiger partial charge < -0.3 is 10.8 Å². The second-order valence-electron chi connectivity index (χ2n) is 2.16. The van der Waals surface area contributed by atoms with Gasteiger partial charge in [0.2, 0.25) is 0 Å². The number of carbonyl (C=O) groups is 1. The van der Waals surface area contributed by atoms with E-state index in [1.165, 1.54) is 12.3 Å². The normalized spacial score (nSPS) is 9.83. The van der Waals surface area contributed by atoms with Crippen LogP contribution in [-0.4, -0.2) is 16.1 Å². The predicted molar refractivity (Wildman–Crippen MR) is 44.1 cm³/mol. The lowest BCUT2D eigenvalue weighted by Gasteiger charge is -1.99. The molecule has 3 N–H and O–H groups in total. The van der Waals surface area contributed by atoms with Crippen LogP contribution in [0.3, 0.4) is 0 Å². The summed E-state index contributed by atoms with van der Waals surface area (Å²) in [6.45, 7) is 0.250. The highest BCUT2D eigenvalue weighted by Gasteiger charge is 2.08. The van der Waals surface area contributed by atoms with Crippen LogP contribution in [0.5, 0.6) is 0 Å². The van der Waals surface area contributed by atoms with Crippen LogP contribution in [0, 0.1) is 0 Å². The topological polar surface area (TPSA) is 76.2 Å². The molecule has 0 aliphatic rings. The van der Waals surface area contributed by atoms with Gasteiger partial charge in [0.1, 0.15) is 0 Å². The third kappa shape index (κ3) is 1.72. The Hall–Kier alpha value is -1.13. The van der Waals surface area contributed by atoms with Crippen LogP contribution < -0.4 is 5.73 Å². The Balaban J connectivity index is 3.12. The van der Waals surface area contributed by atoms with Crippen LogP contribution in [0.2, 0.25) is 5.02 Å². The number of halogens is 1. The molecular formula is C7H7ClN2O2. The van der Waals surface area contributed by atoms with Crippen molar-refractivity contribution in [1.29, 1.82) is 0 Å². The predicted octanol–water partition coefficient (Wildman–Crippen LogP) is 0.892. The first kappa shape index (κ1) is 8.96. The third-order valence-corrected chi connectivity index (χ3v) is 1.66. The molecule has 0 aliphatic carbocycles. The van der Waals surface area contributed by atoms with Crippen molar-refractivity contribution in [2.45, 2.75) is 6.54 Å². The van der Waals surface area contributed by atoms with Gasteiger partial charge in [-0.2, -0.15) is 0 Å². The highest BCUT2D eigenvalue weighted by atomic mass is 35.5. The fraction of sp³-hybridized carbons (Fsp3) is 0.143. The Morgan fingerprint density at radius 1 is 1.75 bits per heavy atom. The minimum Gasteiger partial charge on any atom is -0.478 e. The molecule has 5 heteroatoms. The number of rotatable bonds is 2. The molecule has 0 fully saturated rings. The zero-order chi connectivity index (χ0) is 9.14. The molecule has 1 aromatic rings. The van der Waals surface area contributed by atoms with Gasteiger partial charge in [0.15, 0.2) is 0 Å². The number of aromatic carboxylic acids is 1. The van der Waals surface area contributed by atoms with Crippen LogP contribution in [0.15, 0.2) is 12.3 Å². The molecule has 64 valence electrons. The van der Waals surface area contributed by atoms with Gasteiger partial charge in [-0.05, 0) is 6.07 Å². The molecule has 1 heterocycles. The molecule has 1 aromatic heterocycles. The molecule has 1 rings (SSSR count). The van der Waals surface area contributed by atoms with E-state index >= 15 is 0 Å². The molecule has 0 saturated carbocycles. The van der Waals surface area contributed by atoms with Gasteiger partial charge in [-0.15, -0.1) is 0 Å². The van der Waals surface area contributed by atoms with E-state index < -0.39 is 5.97 Å². The van der Waals surface area contributed by atoms with Crippen molar-refractivity contribution < 1.29 is 9.90 Å². The largest absolute Gasteiger partial charge is 0.478 e. The molecule has 12 heavy (non-hydrogen) atoms. The molecule has 0 radical (unpaired) electrons. The summed E-state index contributed by atoms with van der Waals surface area (Å²) in [6.07, 6.45) is 1.20. The first-order valence-electron chi connectivity index (χ1n) is 3.23. The van der Waals surface area contributed by atoms with E-state index in [4.69, 9.17) is 22.4 Å². The number of carboxylic acid groups (broad SMARTS) is 1. The average molecular weight is 187 g/mol. The van der Waals surface area contributed by atoms with Crippen LogP contribution in [0.25, 0.3) is 0 Å². The fourth-order valence-electron chi connectivity index (χ4n) is 0.739. The summed E-state index contributed by atoms with van der Waals surface area (Å²) in [5, 5.41) is 8.74. The summed E-state index contributed by atoms with van der Waals surface area (Å²) in [5.74, 6) is -1.09. The Bertz CT molecular complexity index is 314. The molecule has 4 nitrogen and oxygen atoms in total. The molecule has 0 aliphatic heterocycles. The van der Waals surface area contributed by atoms with Crippen molar-refractivity contribution in [2.75, 3.05) is 0 Å². The zero-order valence-electron chi connectivity index (χ0n) is 6.12. The molecule has 0 spiro atoms. The van der Waals surface area contributed by atoms with E-state index in [2.05, 4.69) is 4.98 Å². The molecule has 0 atom stereocenters. The molecular weight excluding hydrogens is 180 g/mol. The summed E-state index contributed by atoms with van der Waals surface area (Å²) in [6, 6.07) is 1.45. The lowest BCUT2D eigenvalue weighted by Crippen LogP contribution is -2.03.